The van der Waals surface area contributed by atoms with Crippen LogP contribution < -0.4 is 10.5 Å². The van der Waals surface area contributed by atoms with E-state index in [4.69, 9.17) is 10.5 Å². The van der Waals surface area contributed by atoms with Crippen molar-refractivity contribution in [1.29, 1.82) is 0 Å². The van der Waals surface area contributed by atoms with E-state index in [1.165, 1.54) is 7.11 Å². The zero-order chi connectivity index (χ0) is 12.3. The standard InChI is InChI=1S/C10H10BrF2NO2/c1-16-10-5(7(15)2-3-14)4-6(12)8(11)9(10)13/h4H,2-3,14H2,1H3. The van der Waals surface area contributed by atoms with Crippen LogP contribution in [0.4, 0.5) is 8.78 Å². The first-order valence-electron chi connectivity index (χ1n) is 4.47. The topological polar surface area (TPSA) is 52.3 Å². The molecule has 0 atom stereocenters. The van der Waals surface area contributed by atoms with Crippen molar-refractivity contribution in [2.24, 2.45) is 5.73 Å². The van der Waals surface area contributed by atoms with Gasteiger partial charge in [0.05, 0.1) is 17.1 Å². The maximum Gasteiger partial charge on any atom is 0.182 e. The van der Waals surface area contributed by atoms with E-state index in [2.05, 4.69) is 15.9 Å². The summed E-state index contributed by atoms with van der Waals surface area (Å²) in [6.45, 7) is 0.112. The third-order valence-corrected chi connectivity index (χ3v) is 2.72. The summed E-state index contributed by atoms with van der Waals surface area (Å²) in [6, 6.07) is 0.935. The number of ketones is 1. The molecule has 0 heterocycles. The number of halogens is 3. The zero-order valence-electron chi connectivity index (χ0n) is 8.52. The molecule has 3 nitrogen and oxygen atoms in total. The maximum absolute atomic E-state index is 13.5. The Kier molecular flexibility index (Phi) is 4.37. The second-order valence-electron chi connectivity index (χ2n) is 3.03. The molecule has 1 rings (SSSR count). The normalized spacial score (nSPS) is 10.3. The van der Waals surface area contributed by atoms with Crippen molar-refractivity contribution in [3.8, 4) is 5.75 Å². The molecule has 0 amide bonds. The van der Waals surface area contributed by atoms with Crippen LogP contribution in [-0.4, -0.2) is 19.4 Å². The fourth-order valence-corrected chi connectivity index (χ4v) is 1.55. The number of carbonyl (C=O) groups is 1. The molecular weight excluding hydrogens is 284 g/mol. The molecule has 0 aromatic heterocycles. The first-order valence-corrected chi connectivity index (χ1v) is 5.27. The first kappa shape index (κ1) is 13.1. The van der Waals surface area contributed by atoms with Gasteiger partial charge in [0.1, 0.15) is 5.82 Å². The predicted molar refractivity (Wildman–Crippen MR) is 58.6 cm³/mol. The minimum atomic E-state index is -0.928. The molecule has 0 aliphatic carbocycles. The highest BCUT2D eigenvalue weighted by Crippen LogP contribution is 2.32. The van der Waals surface area contributed by atoms with E-state index >= 15 is 0 Å². The Hall–Kier alpha value is -1.01. The Bertz CT molecular complexity index is 424. The average Bonchev–Trinajstić information content (AvgIpc) is 2.26. The molecule has 0 aliphatic rings. The summed E-state index contributed by atoms with van der Waals surface area (Å²) >= 11 is 2.73. The van der Waals surface area contributed by atoms with Gasteiger partial charge in [0, 0.05) is 6.42 Å². The third-order valence-electron chi connectivity index (χ3n) is 1.99. The van der Waals surface area contributed by atoms with E-state index in [1.807, 2.05) is 0 Å². The van der Waals surface area contributed by atoms with Gasteiger partial charge in [-0.15, -0.1) is 0 Å². The van der Waals surface area contributed by atoms with Crippen LogP contribution in [0.25, 0.3) is 0 Å². The van der Waals surface area contributed by atoms with Crippen LogP contribution in [-0.2, 0) is 0 Å². The molecule has 1 aromatic carbocycles. The molecule has 0 saturated carbocycles. The van der Waals surface area contributed by atoms with E-state index in [1.54, 1.807) is 0 Å². The molecule has 2 N–H and O–H groups in total. The van der Waals surface area contributed by atoms with Gasteiger partial charge in [0.15, 0.2) is 17.3 Å². The van der Waals surface area contributed by atoms with E-state index < -0.39 is 17.4 Å². The summed E-state index contributed by atoms with van der Waals surface area (Å²) in [5, 5.41) is 0. The maximum atomic E-state index is 13.5. The summed E-state index contributed by atoms with van der Waals surface area (Å²) in [4.78, 5) is 11.5. The number of hydrogen-bond acceptors (Lipinski definition) is 3. The van der Waals surface area contributed by atoms with Crippen molar-refractivity contribution >= 4 is 21.7 Å². The Morgan fingerprint density at radius 3 is 2.69 bits per heavy atom. The van der Waals surface area contributed by atoms with Crippen LogP contribution in [0.1, 0.15) is 16.8 Å². The molecule has 0 aliphatic heterocycles. The lowest BCUT2D eigenvalue weighted by atomic mass is 10.1. The molecule has 0 bridgehead atoms. The van der Waals surface area contributed by atoms with E-state index in [0.29, 0.717) is 0 Å². The fourth-order valence-electron chi connectivity index (χ4n) is 1.25. The summed E-state index contributed by atoms with van der Waals surface area (Å²) in [6.07, 6.45) is 0.0108. The summed E-state index contributed by atoms with van der Waals surface area (Å²) in [7, 11) is 1.21. The van der Waals surface area contributed by atoms with Gasteiger partial charge < -0.3 is 10.5 Å². The highest BCUT2D eigenvalue weighted by atomic mass is 79.9. The minimum absolute atomic E-state index is 0.0108. The van der Waals surface area contributed by atoms with E-state index in [-0.39, 0.29) is 28.8 Å². The van der Waals surface area contributed by atoms with Gasteiger partial charge in [-0.3, -0.25) is 4.79 Å². The molecular formula is C10H10BrF2NO2. The van der Waals surface area contributed by atoms with Crippen molar-refractivity contribution < 1.29 is 18.3 Å². The van der Waals surface area contributed by atoms with Gasteiger partial charge in [0.2, 0.25) is 0 Å². The Morgan fingerprint density at radius 2 is 2.19 bits per heavy atom. The van der Waals surface area contributed by atoms with Gasteiger partial charge in [-0.1, -0.05) is 0 Å². The number of benzene rings is 1. The molecule has 0 saturated heterocycles. The lowest BCUT2D eigenvalue weighted by Crippen LogP contribution is -2.11. The van der Waals surface area contributed by atoms with Crippen molar-refractivity contribution in [3.63, 3.8) is 0 Å². The smallest absolute Gasteiger partial charge is 0.182 e. The lowest BCUT2D eigenvalue weighted by Gasteiger charge is -2.10. The summed E-state index contributed by atoms with van der Waals surface area (Å²) in [5.41, 5.74) is 5.07. The summed E-state index contributed by atoms with van der Waals surface area (Å²) in [5.74, 6) is -2.50. The molecule has 1 aromatic rings. The van der Waals surface area contributed by atoms with Gasteiger partial charge in [-0.2, -0.15) is 0 Å². The SMILES string of the molecule is COc1c(C(=O)CCN)cc(F)c(Br)c1F. The highest BCUT2D eigenvalue weighted by molar-refractivity contribution is 9.10. The Labute approximate surface area is 99.7 Å². The largest absolute Gasteiger partial charge is 0.493 e. The van der Waals surface area contributed by atoms with Crippen molar-refractivity contribution in [2.75, 3.05) is 13.7 Å². The van der Waals surface area contributed by atoms with E-state index in [0.717, 1.165) is 6.07 Å². The van der Waals surface area contributed by atoms with Crippen molar-refractivity contribution in [2.45, 2.75) is 6.42 Å². The number of rotatable bonds is 4. The fraction of sp³-hybridized carbons (Fsp3) is 0.300. The Morgan fingerprint density at radius 1 is 1.56 bits per heavy atom. The minimum Gasteiger partial charge on any atom is -0.493 e. The van der Waals surface area contributed by atoms with Crippen LogP contribution in [0, 0.1) is 11.6 Å². The number of Topliss-reactive ketones (excluding diaryl/α,β-unsaturated/α-hetero) is 1. The number of methoxy groups -OCH3 is 1. The molecule has 0 spiro atoms. The van der Waals surface area contributed by atoms with Gasteiger partial charge >= 0.3 is 0 Å². The van der Waals surface area contributed by atoms with Gasteiger partial charge in [-0.25, -0.2) is 8.78 Å². The number of nitrogens with two attached hydrogens (primary N) is 1. The molecule has 0 radical (unpaired) electrons. The van der Waals surface area contributed by atoms with Crippen LogP contribution >= 0.6 is 15.9 Å². The van der Waals surface area contributed by atoms with Crippen LogP contribution in [0.5, 0.6) is 5.75 Å². The van der Waals surface area contributed by atoms with Gasteiger partial charge in [-0.05, 0) is 28.5 Å². The quantitative estimate of drug-likeness (QED) is 0.684. The van der Waals surface area contributed by atoms with Crippen LogP contribution in [0.3, 0.4) is 0 Å². The predicted octanol–water partition coefficient (Wildman–Crippen LogP) is 2.27. The molecule has 0 fully saturated rings. The van der Waals surface area contributed by atoms with Crippen molar-refractivity contribution in [3.05, 3.63) is 27.7 Å². The highest BCUT2D eigenvalue weighted by Gasteiger charge is 2.21. The average molecular weight is 294 g/mol. The monoisotopic (exact) mass is 293 g/mol. The number of carbonyl (C=O) groups excluding carboxylic acids is 1. The lowest BCUT2D eigenvalue weighted by molar-refractivity contribution is 0.0981. The summed E-state index contributed by atoms with van der Waals surface area (Å²) < 4.78 is 31.2. The van der Waals surface area contributed by atoms with E-state index in [9.17, 15) is 13.6 Å². The van der Waals surface area contributed by atoms with Crippen molar-refractivity contribution in [1.82, 2.24) is 0 Å². The van der Waals surface area contributed by atoms with Crippen LogP contribution in [0.2, 0.25) is 0 Å². The molecule has 0 unspecified atom stereocenters. The molecule has 88 valence electrons. The Balaban J connectivity index is 3.33. The second kappa shape index (κ2) is 5.36. The number of ether oxygens (including phenoxy) is 1. The second-order valence-corrected chi connectivity index (χ2v) is 3.82. The molecule has 16 heavy (non-hydrogen) atoms. The first-order chi connectivity index (χ1) is 7.52. The van der Waals surface area contributed by atoms with Gasteiger partial charge in [0.25, 0.3) is 0 Å². The van der Waals surface area contributed by atoms with Crippen LogP contribution in [0.15, 0.2) is 10.5 Å². The third kappa shape index (κ3) is 2.38. The molecule has 6 heteroatoms. The zero-order valence-corrected chi connectivity index (χ0v) is 10.1. The number of hydrogen-bond donors (Lipinski definition) is 1.